The minimum absolute atomic E-state index is 0.0788. The van der Waals surface area contributed by atoms with Gasteiger partial charge in [0.2, 0.25) is 0 Å². The summed E-state index contributed by atoms with van der Waals surface area (Å²) in [5.41, 5.74) is 0.560. The maximum absolute atomic E-state index is 13.7. The van der Waals surface area contributed by atoms with E-state index in [1.807, 2.05) is 6.07 Å². The number of ether oxygens (including phenoxy) is 1. The fourth-order valence-electron chi connectivity index (χ4n) is 2.84. The van der Waals surface area contributed by atoms with Gasteiger partial charge in [0, 0.05) is 7.05 Å². The Morgan fingerprint density at radius 3 is 2.34 bits per heavy atom. The molecule has 0 aliphatic carbocycles. The Kier molecular flexibility index (Phi) is 5.63. The Morgan fingerprint density at radius 1 is 1.07 bits per heavy atom. The van der Waals surface area contributed by atoms with Crippen molar-refractivity contribution in [3.05, 3.63) is 82.0 Å². The van der Waals surface area contributed by atoms with E-state index in [2.05, 4.69) is 5.32 Å². The molecule has 0 unspecified atom stereocenters. The van der Waals surface area contributed by atoms with Crippen molar-refractivity contribution in [3.63, 3.8) is 0 Å². The molecule has 0 spiro atoms. The maximum atomic E-state index is 13.7. The zero-order chi connectivity index (χ0) is 21.1. The van der Waals surface area contributed by atoms with Crippen LogP contribution in [0.4, 0.5) is 10.1 Å². The molecule has 2 aromatic carbocycles. The Morgan fingerprint density at radius 2 is 1.69 bits per heavy atom. The fourth-order valence-corrected chi connectivity index (χ4v) is 2.84. The summed E-state index contributed by atoms with van der Waals surface area (Å²) in [4.78, 5) is 37.4. The maximum Gasteiger partial charge on any atom is 0.341 e. The van der Waals surface area contributed by atoms with Crippen LogP contribution >= 0.6 is 0 Å². The van der Waals surface area contributed by atoms with Crippen LogP contribution in [-0.4, -0.2) is 27.3 Å². The van der Waals surface area contributed by atoms with Gasteiger partial charge in [-0.05, 0) is 38.1 Å². The SMILES string of the molecule is Cc1c(NC(=O)[C@H](C)OC(=O)c2ccccc2F)c(=O)n(-c2ccccc2)n1C. The molecule has 1 heterocycles. The van der Waals surface area contributed by atoms with Crippen LogP contribution in [0.2, 0.25) is 0 Å². The second kappa shape index (κ2) is 8.14. The molecule has 1 aromatic heterocycles. The largest absolute Gasteiger partial charge is 0.449 e. The van der Waals surface area contributed by atoms with Crippen LogP contribution in [-0.2, 0) is 16.6 Å². The van der Waals surface area contributed by atoms with Crippen LogP contribution in [0.25, 0.3) is 5.69 Å². The van der Waals surface area contributed by atoms with Crippen LogP contribution in [0, 0.1) is 12.7 Å². The van der Waals surface area contributed by atoms with Crippen molar-refractivity contribution >= 4 is 17.6 Å². The van der Waals surface area contributed by atoms with E-state index in [4.69, 9.17) is 4.74 Å². The molecule has 0 saturated carbocycles. The van der Waals surface area contributed by atoms with Gasteiger partial charge in [0.05, 0.1) is 16.9 Å². The number of rotatable bonds is 5. The Labute approximate surface area is 166 Å². The van der Waals surface area contributed by atoms with E-state index in [0.717, 1.165) is 6.07 Å². The number of nitrogens with one attached hydrogen (secondary N) is 1. The topological polar surface area (TPSA) is 82.3 Å². The number of nitrogens with zero attached hydrogens (tertiary/aromatic N) is 2. The number of esters is 1. The number of aromatic nitrogens is 2. The van der Waals surface area contributed by atoms with Crippen molar-refractivity contribution in [2.45, 2.75) is 20.0 Å². The first kappa shape index (κ1) is 20.1. The van der Waals surface area contributed by atoms with Crippen molar-refractivity contribution in [2.24, 2.45) is 7.05 Å². The lowest BCUT2D eigenvalue weighted by Crippen LogP contribution is -2.32. The molecule has 1 N–H and O–H groups in total. The number of hydrogen-bond donors (Lipinski definition) is 1. The van der Waals surface area contributed by atoms with E-state index < -0.39 is 29.4 Å². The lowest BCUT2D eigenvalue weighted by atomic mass is 10.2. The summed E-state index contributed by atoms with van der Waals surface area (Å²) in [5, 5.41) is 2.52. The molecule has 0 fully saturated rings. The first-order valence-electron chi connectivity index (χ1n) is 8.91. The highest BCUT2D eigenvalue weighted by Gasteiger charge is 2.24. The highest BCUT2D eigenvalue weighted by atomic mass is 19.1. The zero-order valence-electron chi connectivity index (χ0n) is 16.2. The number of benzene rings is 2. The standard InChI is InChI=1S/C21H20FN3O4/c1-13-18(20(27)25(24(13)3)15-9-5-4-6-10-15)23-19(26)14(2)29-21(28)16-11-7-8-12-17(16)22/h4-12,14H,1-3H3,(H,23,26)/t14-/m0/s1. The predicted molar refractivity (Wildman–Crippen MR) is 106 cm³/mol. The number of anilines is 1. The molecule has 1 amide bonds. The van der Waals surface area contributed by atoms with E-state index in [0.29, 0.717) is 11.4 Å². The van der Waals surface area contributed by atoms with Crippen molar-refractivity contribution in [2.75, 3.05) is 5.32 Å². The highest BCUT2D eigenvalue weighted by Crippen LogP contribution is 2.15. The smallest absolute Gasteiger partial charge is 0.341 e. The first-order valence-corrected chi connectivity index (χ1v) is 8.91. The highest BCUT2D eigenvalue weighted by molar-refractivity contribution is 5.97. The van der Waals surface area contributed by atoms with Crippen LogP contribution in [0.3, 0.4) is 0 Å². The summed E-state index contributed by atoms with van der Waals surface area (Å²) >= 11 is 0. The average Bonchev–Trinajstić information content (AvgIpc) is 2.92. The molecular weight excluding hydrogens is 377 g/mol. The summed E-state index contributed by atoms with van der Waals surface area (Å²) < 4.78 is 21.8. The molecule has 0 radical (unpaired) electrons. The molecule has 0 aliphatic heterocycles. The quantitative estimate of drug-likeness (QED) is 0.671. The van der Waals surface area contributed by atoms with Crippen molar-refractivity contribution in [3.8, 4) is 5.69 Å². The molecule has 0 saturated heterocycles. The van der Waals surface area contributed by atoms with Gasteiger partial charge in [0.25, 0.3) is 11.5 Å². The number of carbonyl (C=O) groups is 2. The van der Waals surface area contributed by atoms with E-state index in [-0.39, 0.29) is 11.3 Å². The molecule has 0 aliphatic rings. The minimum atomic E-state index is -1.23. The average molecular weight is 397 g/mol. The van der Waals surface area contributed by atoms with Crippen molar-refractivity contribution in [1.29, 1.82) is 0 Å². The van der Waals surface area contributed by atoms with Crippen LogP contribution in [0.15, 0.2) is 59.4 Å². The van der Waals surface area contributed by atoms with Gasteiger partial charge in [-0.1, -0.05) is 30.3 Å². The third kappa shape index (κ3) is 3.96. The number of carbonyl (C=O) groups excluding carboxylic acids is 2. The molecule has 0 bridgehead atoms. The molecule has 29 heavy (non-hydrogen) atoms. The predicted octanol–water partition coefficient (Wildman–Crippen LogP) is 2.81. The van der Waals surface area contributed by atoms with Crippen molar-refractivity contribution < 1.29 is 18.7 Å². The minimum Gasteiger partial charge on any atom is -0.449 e. The molecule has 150 valence electrons. The van der Waals surface area contributed by atoms with E-state index in [9.17, 15) is 18.8 Å². The third-order valence-electron chi connectivity index (χ3n) is 4.55. The van der Waals surface area contributed by atoms with Crippen LogP contribution in [0.5, 0.6) is 0 Å². The molecule has 1 atom stereocenters. The summed E-state index contributed by atoms with van der Waals surface area (Å²) in [7, 11) is 1.70. The van der Waals surface area contributed by atoms with E-state index in [1.165, 1.54) is 29.8 Å². The zero-order valence-corrected chi connectivity index (χ0v) is 16.2. The van der Waals surface area contributed by atoms with E-state index >= 15 is 0 Å². The summed E-state index contributed by atoms with van der Waals surface area (Å²) in [5.74, 6) is -2.40. The van der Waals surface area contributed by atoms with Crippen molar-refractivity contribution in [1.82, 2.24) is 9.36 Å². The van der Waals surface area contributed by atoms with Gasteiger partial charge in [-0.2, -0.15) is 0 Å². The molecular formula is C21H20FN3O4. The monoisotopic (exact) mass is 397 g/mol. The summed E-state index contributed by atoms with van der Waals surface area (Å²) in [6, 6.07) is 14.3. The third-order valence-corrected chi connectivity index (χ3v) is 4.55. The second-order valence-electron chi connectivity index (χ2n) is 6.45. The number of hydrogen-bond acceptors (Lipinski definition) is 4. The Balaban J connectivity index is 1.80. The lowest BCUT2D eigenvalue weighted by molar-refractivity contribution is -0.123. The summed E-state index contributed by atoms with van der Waals surface area (Å²) in [6.07, 6.45) is -1.23. The number of para-hydroxylation sites is 1. The Bertz CT molecular complexity index is 1120. The summed E-state index contributed by atoms with van der Waals surface area (Å²) in [6.45, 7) is 3.04. The fraction of sp³-hybridized carbons (Fsp3) is 0.190. The second-order valence-corrected chi connectivity index (χ2v) is 6.45. The van der Waals surface area contributed by atoms with E-state index in [1.54, 1.807) is 42.9 Å². The van der Waals surface area contributed by atoms with Gasteiger partial charge >= 0.3 is 5.97 Å². The van der Waals surface area contributed by atoms with Crippen LogP contribution < -0.4 is 10.9 Å². The normalized spacial score (nSPS) is 11.7. The van der Waals surface area contributed by atoms with Gasteiger partial charge in [0.15, 0.2) is 6.10 Å². The molecule has 3 rings (SSSR count). The van der Waals surface area contributed by atoms with Gasteiger partial charge in [-0.25, -0.2) is 13.9 Å². The molecule has 8 heteroatoms. The molecule has 3 aromatic rings. The van der Waals surface area contributed by atoms with Gasteiger partial charge in [-0.15, -0.1) is 0 Å². The number of amides is 1. The number of halogens is 1. The van der Waals surface area contributed by atoms with Gasteiger partial charge < -0.3 is 10.1 Å². The van der Waals surface area contributed by atoms with Gasteiger partial charge in [0.1, 0.15) is 11.5 Å². The Hall–Kier alpha value is -3.68. The lowest BCUT2D eigenvalue weighted by Gasteiger charge is -2.13. The first-order chi connectivity index (χ1) is 13.8. The van der Waals surface area contributed by atoms with Crippen LogP contribution in [0.1, 0.15) is 23.0 Å². The van der Waals surface area contributed by atoms with Gasteiger partial charge in [-0.3, -0.25) is 14.3 Å². The molecule has 7 nitrogen and oxygen atoms in total.